The molecule has 46 heavy (non-hydrogen) atoms. The van der Waals surface area contributed by atoms with Gasteiger partial charge in [0.1, 0.15) is 29.5 Å². The van der Waals surface area contributed by atoms with Crippen LogP contribution in [0.3, 0.4) is 0 Å². The van der Waals surface area contributed by atoms with Crippen LogP contribution in [-0.2, 0) is 14.4 Å². The first-order valence-corrected chi connectivity index (χ1v) is 15.5. The Bertz CT molecular complexity index is 1620. The summed E-state index contributed by atoms with van der Waals surface area (Å²) < 4.78 is 11.4. The number of carbonyl (C=O) groups is 5. The van der Waals surface area contributed by atoms with Crippen LogP contribution in [0.2, 0.25) is 10.0 Å². The number of benzene rings is 2. The molecule has 2 fully saturated rings. The minimum absolute atomic E-state index is 0.0215. The van der Waals surface area contributed by atoms with Crippen LogP contribution < -0.4 is 14.8 Å². The van der Waals surface area contributed by atoms with Crippen molar-refractivity contribution in [1.82, 2.24) is 20.0 Å². The van der Waals surface area contributed by atoms with Crippen LogP contribution in [0, 0.1) is 5.92 Å². The second-order valence-electron chi connectivity index (χ2n) is 11.5. The van der Waals surface area contributed by atoms with Gasteiger partial charge in [0, 0.05) is 42.2 Å². The van der Waals surface area contributed by atoms with Gasteiger partial charge in [-0.1, -0.05) is 23.2 Å². The summed E-state index contributed by atoms with van der Waals surface area (Å²) in [6.45, 7) is 0.980. The van der Waals surface area contributed by atoms with Gasteiger partial charge in [0.05, 0.1) is 11.1 Å². The molecule has 3 unspecified atom stereocenters. The van der Waals surface area contributed by atoms with E-state index in [0.717, 1.165) is 4.90 Å². The number of imide groups is 2. The number of halogens is 2. The molecular formula is C31H30Cl2N4O9. The first kappa shape index (κ1) is 32.0. The number of carbonyl (C=O) groups excluding carboxylic acids is 5. The molecule has 2 aromatic carbocycles. The quantitative estimate of drug-likeness (QED) is 0.353. The van der Waals surface area contributed by atoms with E-state index in [4.69, 9.17) is 32.7 Å². The van der Waals surface area contributed by atoms with Crippen molar-refractivity contribution in [1.29, 1.82) is 0 Å². The molecule has 4 aliphatic heterocycles. The molecule has 4 aliphatic rings. The summed E-state index contributed by atoms with van der Waals surface area (Å²) in [6.07, 6.45) is 0.527. The van der Waals surface area contributed by atoms with E-state index in [1.54, 1.807) is 23.1 Å². The van der Waals surface area contributed by atoms with Crippen molar-refractivity contribution in [2.45, 2.75) is 44.2 Å². The molecule has 0 bridgehead atoms. The van der Waals surface area contributed by atoms with E-state index >= 15 is 0 Å². The number of amides is 5. The lowest BCUT2D eigenvalue weighted by atomic mass is 9.96. The van der Waals surface area contributed by atoms with Crippen molar-refractivity contribution < 1.29 is 43.7 Å². The summed E-state index contributed by atoms with van der Waals surface area (Å²) in [7, 11) is 0. The molecule has 3 atom stereocenters. The average Bonchev–Trinajstić information content (AvgIpc) is 3.41. The van der Waals surface area contributed by atoms with Gasteiger partial charge in [-0.05, 0) is 61.6 Å². The average molecular weight is 674 g/mol. The zero-order valence-electron chi connectivity index (χ0n) is 24.4. The SMILES string of the molecule is O=C1CCC(N2C(=O)c3ccc(OCC(=O)N4CCC(CN5C(O)C=C(Oc6cc(Cl)cc(Cl)c6)C5O)CC4)cc3C2=O)C(=O)N1. The molecule has 0 spiro atoms. The lowest BCUT2D eigenvalue weighted by Crippen LogP contribution is -2.54. The summed E-state index contributed by atoms with van der Waals surface area (Å²) in [5.41, 5.74) is 0.178. The van der Waals surface area contributed by atoms with Crippen molar-refractivity contribution in [3.8, 4) is 11.5 Å². The summed E-state index contributed by atoms with van der Waals surface area (Å²) in [6, 6.07) is 7.86. The Balaban J connectivity index is 0.980. The lowest BCUT2D eigenvalue weighted by molar-refractivity contribution is -0.136. The van der Waals surface area contributed by atoms with Crippen LogP contribution in [0.4, 0.5) is 0 Å². The molecule has 0 aliphatic carbocycles. The van der Waals surface area contributed by atoms with Gasteiger partial charge in [-0.2, -0.15) is 0 Å². The van der Waals surface area contributed by atoms with E-state index in [2.05, 4.69) is 5.32 Å². The predicted molar refractivity (Wildman–Crippen MR) is 162 cm³/mol. The third-order valence-corrected chi connectivity index (χ3v) is 8.94. The second-order valence-corrected chi connectivity index (χ2v) is 12.4. The van der Waals surface area contributed by atoms with Gasteiger partial charge in [-0.25, -0.2) is 4.90 Å². The minimum Gasteiger partial charge on any atom is -0.484 e. The Hall–Kier alpha value is -4.01. The van der Waals surface area contributed by atoms with E-state index in [0.29, 0.717) is 48.3 Å². The molecule has 3 N–H and O–H groups in total. The number of ether oxygens (including phenoxy) is 2. The molecule has 15 heteroatoms. The van der Waals surface area contributed by atoms with Crippen molar-refractivity contribution >= 4 is 52.7 Å². The van der Waals surface area contributed by atoms with E-state index in [9.17, 15) is 34.2 Å². The monoisotopic (exact) mass is 672 g/mol. The van der Waals surface area contributed by atoms with Crippen molar-refractivity contribution in [2.75, 3.05) is 26.2 Å². The molecule has 6 rings (SSSR count). The number of hydrogen-bond donors (Lipinski definition) is 3. The number of fused-ring (bicyclic) bond motifs is 1. The van der Waals surface area contributed by atoms with Crippen LogP contribution in [0.5, 0.6) is 11.5 Å². The predicted octanol–water partition coefficient (Wildman–Crippen LogP) is 1.93. The van der Waals surface area contributed by atoms with Crippen LogP contribution in [-0.4, -0.2) is 99.2 Å². The maximum Gasteiger partial charge on any atom is 0.262 e. The van der Waals surface area contributed by atoms with Gasteiger partial charge in [-0.15, -0.1) is 0 Å². The molecule has 242 valence electrons. The maximum atomic E-state index is 13.0. The fraction of sp³-hybridized carbons (Fsp3) is 0.387. The molecule has 2 saturated heterocycles. The summed E-state index contributed by atoms with van der Waals surface area (Å²) >= 11 is 12.0. The number of likely N-dealkylation sites (tertiary alicyclic amines) is 1. The Morgan fingerprint density at radius 3 is 2.30 bits per heavy atom. The number of piperidine rings is 2. The number of hydrogen-bond acceptors (Lipinski definition) is 10. The Morgan fingerprint density at radius 2 is 1.61 bits per heavy atom. The van der Waals surface area contributed by atoms with Gasteiger partial charge in [0.2, 0.25) is 11.8 Å². The molecule has 0 saturated carbocycles. The Labute approximate surface area is 273 Å². The summed E-state index contributed by atoms with van der Waals surface area (Å²) in [4.78, 5) is 66.7. The fourth-order valence-corrected chi connectivity index (χ4v) is 6.60. The topological polar surface area (TPSA) is 166 Å². The Morgan fingerprint density at radius 1 is 0.913 bits per heavy atom. The van der Waals surface area contributed by atoms with Crippen LogP contribution in [0.15, 0.2) is 48.2 Å². The summed E-state index contributed by atoms with van der Waals surface area (Å²) in [5, 5.41) is 24.3. The van der Waals surface area contributed by atoms with E-state index in [1.807, 2.05) is 0 Å². The third-order valence-electron chi connectivity index (χ3n) is 8.50. The normalized spacial score (nSPS) is 23.8. The second kappa shape index (κ2) is 13.0. The fourth-order valence-electron chi connectivity index (χ4n) is 6.09. The molecule has 0 aromatic heterocycles. The van der Waals surface area contributed by atoms with Gasteiger partial charge >= 0.3 is 0 Å². The maximum absolute atomic E-state index is 13.0. The number of nitrogens with one attached hydrogen (secondary N) is 1. The number of rotatable bonds is 8. The number of aliphatic hydroxyl groups excluding tert-OH is 2. The van der Waals surface area contributed by atoms with Crippen molar-refractivity contribution in [3.05, 3.63) is 69.4 Å². The van der Waals surface area contributed by atoms with E-state index in [-0.39, 0.29) is 53.9 Å². The molecule has 13 nitrogen and oxygen atoms in total. The number of aliphatic hydroxyl groups is 2. The Kier molecular flexibility index (Phi) is 9.03. The van der Waals surface area contributed by atoms with Gasteiger partial charge in [-0.3, -0.25) is 34.2 Å². The highest BCUT2D eigenvalue weighted by atomic mass is 35.5. The molecular weight excluding hydrogens is 643 g/mol. The van der Waals surface area contributed by atoms with E-state index < -0.39 is 42.1 Å². The number of nitrogens with zero attached hydrogens (tertiary/aromatic N) is 3. The molecule has 4 heterocycles. The van der Waals surface area contributed by atoms with Crippen LogP contribution in [0.25, 0.3) is 0 Å². The largest absolute Gasteiger partial charge is 0.484 e. The standard InChI is InChI=1S/C31H30Cl2N4O9/c32-17-9-18(33)11-20(10-17)46-24-13-26(39)36(31(24)44)14-16-5-7-35(8-6-16)27(40)15-45-19-1-2-21-22(12-19)30(43)37(29(21)42)23-3-4-25(38)34-28(23)41/h1-2,9-13,16,23,26,31,39,44H,3-8,14-15H2,(H,34,38,41). The molecule has 5 amide bonds. The third kappa shape index (κ3) is 6.46. The smallest absolute Gasteiger partial charge is 0.262 e. The van der Waals surface area contributed by atoms with E-state index in [1.165, 1.54) is 29.2 Å². The van der Waals surface area contributed by atoms with Gasteiger partial charge in [0.25, 0.3) is 17.7 Å². The van der Waals surface area contributed by atoms with Gasteiger partial charge < -0.3 is 24.6 Å². The zero-order chi connectivity index (χ0) is 32.7. The highest BCUT2D eigenvalue weighted by Gasteiger charge is 2.45. The minimum atomic E-state index is -1.17. The highest BCUT2D eigenvalue weighted by molar-refractivity contribution is 6.34. The first-order chi connectivity index (χ1) is 22.0. The first-order valence-electron chi connectivity index (χ1n) is 14.7. The highest BCUT2D eigenvalue weighted by Crippen LogP contribution is 2.32. The van der Waals surface area contributed by atoms with Gasteiger partial charge in [0.15, 0.2) is 12.8 Å². The molecule has 0 radical (unpaired) electrons. The van der Waals surface area contributed by atoms with Crippen LogP contribution >= 0.6 is 23.2 Å². The lowest BCUT2D eigenvalue weighted by Gasteiger charge is -2.35. The van der Waals surface area contributed by atoms with Crippen LogP contribution in [0.1, 0.15) is 46.4 Å². The van der Waals surface area contributed by atoms with Crippen molar-refractivity contribution in [3.63, 3.8) is 0 Å². The zero-order valence-corrected chi connectivity index (χ0v) is 25.9. The summed E-state index contributed by atoms with van der Waals surface area (Å²) in [5.74, 6) is -1.89. The molecule has 2 aromatic rings. The van der Waals surface area contributed by atoms with Crippen molar-refractivity contribution in [2.24, 2.45) is 5.92 Å².